The fraction of sp³-hybridized carbons (Fsp3) is 0.0588. The second-order valence-corrected chi connectivity index (χ2v) is 5.02. The van der Waals surface area contributed by atoms with E-state index in [0.717, 1.165) is 22.4 Å². The number of hydrogen-bond acceptors (Lipinski definition) is 2. The number of fused-ring (bicyclic) bond motifs is 2. The standard InChI is InChI=1S/C17H13N3O/c1-12(21)16-11-13(14-5-2-3-9-19(14)16)15-6-4-7-17-18-8-10-20(15)17/h2-11H,1H3. The van der Waals surface area contributed by atoms with Crippen LogP contribution in [0.4, 0.5) is 0 Å². The molecule has 0 saturated carbocycles. The molecule has 4 nitrogen and oxygen atoms in total. The van der Waals surface area contributed by atoms with Gasteiger partial charge in [0.05, 0.1) is 16.9 Å². The summed E-state index contributed by atoms with van der Waals surface area (Å²) in [5.74, 6) is 0.0558. The molecular formula is C17H13N3O. The lowest BCUT2D eigenvalue weighted by atomic mass is 10.1. The number of carbonyl (C=O) groups is 1. The van der Waals surface area contributed by atoms with Crippen LogP contribution in [-0.4, -0.2) is 19.6 Å². The van der Waals surface area contributed by atoms with E-state index in [1.165, 1.54) is 0 Å². The fourth-order valence-electron chi connectivity index (χ4n) is 2.80. The Balaban J connectivity index is 2.11. The highest BCUT2D eigenvalue weighted by Gasteiger charge is 2.14. The largest absolute Gasteiger partial charge is 0.313 e. The average molecular weight is 275 g/mol. The Kier molecular flexibility index (Phi) is 2.44. The molecule has 0 N–H and O–H groups in total. The number of rotatable bonds is 2. The first-order chi connectivity index (χ1) is 10.3. The summed E-state index contributed by atoms with van der Waals surface area (Å²) >= 11 is 0. The van der Waals surface area contributed by atoms with Gasteiger partial charge < -0.3 is 4.40 Å². The third-order valence-electron chi connectivity index (χ3n) is 3.74. The molecule has 0 unspecified atom stereocenters. The second-order valence-electron chi connectivity index (χ2n) is 5.02. The molecule has 21 heavy (non-hydrogen) atoms. The van der Waals surface area contributed by atoms with Crippen molar-refractivity contribution < 1.29 is 4.79 Å². The predicted molar refractivity (Wildman–Crippen MR) is 81.6 cm³/mol. The first kappa shape index (κ1) is 11.9. The van der Waals surface area contributed by atoms with Crippen LogP contribution in [0.2, 0.25) is 0 Å². The van der Waals surface area contributed by atoms with E-state index >= 15 is 0 Å². The first-order valence-corrected chi connectivity index (χ1v) is 6.79. The summed E-state index contributed by atoms with van der Waals surface area (Å²) in [5, 5.41) is 0. The minimum absolute atomic E-state index is 0.0558. The molecule has 0 amide bonds. The van der Waals surface area contributed by atoms with Crippen molar-refractivity contribution in [1.82, 2.24) is 13.8 Å². The molecule has 4 aromatic rings. The summed E-state index contributed by atoms with van der Waals surface area (Å²) in [6, 6.07) is 13.9. The summed E-state index contributed by atoms with van der Waals surface area (Å²) in [4.78, 5) is 16.2. The Hall–Kier alpha value is -2.88. The van der Waals surface area contributed by atoms with Gasteiger partial charge in [-0.2, -0.15) is 0 Å². The number of hydrogen-bond donors (Lipinski definition) is 0. The van der Waals surface area contributed by atoms with E-state index in [0.29, 0.717) is 5.69 Å². The molecule has 0 aromatic carbocycles. The monoisotopic (exact) mass is 275 g/mol. The zero-order valence-corrected chi connectivity index (χ0v) is 11.5. The summed E-state index contributed by atoms with van der Waals surface area (Å²) in [6.45, 7) is 1.59. The van der Waals surface area contributed by atoms with Crippen molar-refractivity contribution in [2.45, 2.75) is 6.92 Å². The molecule has 0 atom stereocenters. The van der Waals surface area contributed by atoms with Crippen LogP contribution in [0.1, 0.15) is 17.4 Å². The van der Waals surface area contributed by atoms with E-state index in [-0.39, 0.29) is 5.78 Å². The van der Waals surface area contributed by atoms with Crippen molar-refractivity contribution in [2.24, 2.45) is 0 Å². The number of aromatic nitrogens is 3. The molecule has 0 aliphatic heterocycles. The van der Waals surface area contributed by atoms with E-state index in [9.17, 15) is 4.79 Å². The SMILES string of the molecule is CC(=O)c1cc(-c2cccc3nccn23)c2ccccn12. The van der Waals surface area contributed by atoms with Gasteiger partial charge in [-0.1, -0.05) is 12.1 Å². The van der Waals surface area contributed by atoms with Crippen LogP contribution >= 0.6 is 0 Å². The minimum Gasteiger partial charge on any atom is -0.313 e. The Morgan fingerprint density at radius 1 is 1.05 bits per heavy atom. The van der Waals surface area contributed by atoms with Gasteiger partial charge in [0, 0.05) is 31.1 Å². The third kappa shape index (κ3) is 1.69. The Bertz CT molecular complexity index is 978. The molecule has 4 rings (SSSR count). The van der Waals surface area contributed by atoms with Gasteiger partial charge in [-0.25, -0.2) is 4.98 Å². The molecule has 4 heterocycles. The Labute approximate surface area is 121 Å². The van der Waals surface area contributed by atoms with Crippen LogP contribution in [0.3, 0.4) is 0 Å². The maximum atomic E-state index is 11.9. The minimum atomic E-state index is 0.0558. The second kappa shape index (κ2) is 4.31. The van der Waals surface area contributed by atoms with E-state index in [4.69, 9.17) is 0 Å². The number of Topliss-reactive ketones (excluding diaryl/α,β-unsaturated/α-hetero) is 1. The van der Waals surface area contributed by atoms with Crippen molar-refractivity contribution in [3.8, 4) is 11.3 Å². The lowest BCUT2D eigenvalue weighted by molar-refractivity contribution is 0.101. The summed E-state index contributed by atoms with van der Waals surface area (Å²) in [7, 11) is 0. The lowest BCUT2D eigenvalue weighted by Crippen LogP contribution is -1.96. The van der Waals surface area contributed by atoms with Crippen molar-refractivity contribution >= 4 is 16.9 Å². The maximum Gasteiger partial charge on any atom is 0.176 e. The number of carbonyl (C=O) groups excluding carboxylic acids is 1. The van der Waals surface area contributed by atoms with Gasteiger partial charge in [-0.3, -0.25) is 9.20 Å². The molecule has 0 radical (unpaired) electrons. The zero-order chi connectivity index (χ0) is 14.4. The Morgan fingerprint density at radius 3 is 2.81 bits per heavy atom. The highest BCUT2D eigenvalue weighted by molar-refractivity contribution is 5.97. The van der Waals surface area contributed by atoms with Crippen LogP contribution in [0.5, 0.6) is 0 Å². The van der Waals surface area contributed by atoms with Gasteiger partial charge in [0.1, 0.15) is 5.65 Å². The number of ketones is 1. The summed E-state index contributed by atoms with van der Waals surface area (Å²) in [6.07, 6.45) is 5.64. The van der Waals surface area contributed by atoms with E-state index < -0.39 is 0 Å². The third-order valence-corrected chi connectivity index (χ3v) is 3.74. The van der Waals surface area contributed by atoms with Crippen LogP contribution < -0.4 is 0 Å². The highest BCUT2D eigenvalue weighted by Crippen LogP contribution is 2.28. The van der Waals surface area contributed by atoms with E-state index in [2.05, 4.69) is 4.98 Å². The van der Waals surface area contributed by atoms with Crippen molar-refractivity contribution in [1.29, 1.82) is 0 Å². The van der Waals surface area contributed by atoms with Crippen LogP contribution in [-0.2, 0) is 0 Å². The fourth-order valence-corrected chi connectivity index (χ4v) is 2.80. The molecule has 0 bridgehead atoms. The number of pyridine rings is 2. The Morgan fingerprint density at radius 2 is 1.95 bits per heavy atom. The zero-order valence-electron chi connectivity index (χ0n) is 11.5. The summed E-state index contributed by atoms with van der Waals surface area (Å²) < 4.78 is 3.97. The molecule has 102 valence electrons. The molecular weight excluding hydrogens is 262 g/mol. The van der Waals surface area contributed by atoms with Gasteiger partial charge >= 0.3 is 0 Å². The van der Waals surface area contributed by atoms with Crippen LogP contribution in [0, 0.1) is 0 Å². The smallest absolute Gasteiger partial charge is 0.176 e. The van der Waals surface area contributed by atoms with E-state index in [1.54, 1.807) is 13.1 Å². The molecule has 0 saturated heterocycles. The number of imidazole rings is 1. The normalized spacial score (nSPS) is 11.3. The highest BCUT2D eigenvalue weighted by atomic mass is 16.1. The molecule has 0 fully saturated rings. The maximum absolute atomic E-state index is 11.9. The molecule has 0 spiro atoms. The van der Waals surface area contributed by atoms with Gasteiger partial charge in [-0.05, 0) is 30.3 Å². The molecule has 4 aromatic heterocycles. The van der Waals surface area contributed by atoms with Gasteiger partial charge in [-0.15, -0.1) is 0 Å². The van der Waals surface area contributed by atoms with E-state index in [1.807, 2.05) is 63.7 Å². The van der Waals surface area contributed by atoms with Crippen LogP contribution in [0.15, 0.2) is 61.1 Å². The van der Waals surface area contributed by atoms with Crippen LogP contribution in [0.25, 0.3) is 22.4 Å². The molecule has 0 aliphatic carbocycles. The van der Waals surface area contributed by atoms with Crippen molar-refractivity contribution in [2.75, 3.05) is 0 Å². The van der Waals surface area contributed by atoms with Gasteiger partial charge in [0.15, 0.2) is 5.78 Å². The molecule has 4 heteroatoms. The number of nitrogens with zero attached hydrogens (tertiary/aromatic N) is 3. The predicted octanol–water partition coefficient (Wildman–Crippen LogP) is 3.46. The van der Waals surface area contributed by atoms with Crippen molar-refractivity contribution in [3.05, 3.63) is 66.7 Å². The van der Waals surface area contributed by atoms with Crippen molar-refractivity contribution in [3.63, 3.8) is 0 Å². The lowest BCUT2D eigenvalue weighted by Gasteiger charge is -2.04. The van der Waals surface area contributed by atoms with Gasteiger partial charge in [0.2, 0.25) is 0 Å². The average Bonchev–Trinajstić information content (AvgIpc) is 3.11. The van der Waals surface area contributed by atoms with Gasteiger partial charge in [0.25, 0.3) is 0 Å². The summed E-state index contributed by atoms with van der Waals surface area (Å²) in [5.41, 5.74) is 4.67. The topological polar surface area (TPSA) is 38.8 Å². The molecule has 0 aliphatic rings. The quantitative estimate of drug-likeness (QED) is 0.525. The first-order valence-electron chi connectivity index (χ1n) is 6.79.